The minimum atomic E-state index is -1.59. The Kier molecular flexibility index (Phi) is 4.89. The third-order valence-corrected chi connectivity index (χ3v) is 1.20. The molecule has 0 saturated heterocycles. The first-order valence-electron chi connectivity index (χ1n) is 3.76. The lowest BCUT2D eigenvalue weighted by Gasteiger charge is -2.02. The van der Waals surface area contributed by atoms with Gasteiger partial charge in [0.2, 0.25) is 10.1 Å². The smallest absolute Gasteiger partial charge is 0.441 e. The van der Waals surface area contributed by atoms with Crippen molar-refractivity contribution in [2.45, 2.75) is 19.8 Å². The van der Waals surface area contributed by atoms with Gasteiger partial charge in [0.1, 0.15) is 0 Å². The Bertz CT molecular complexity index is 228. The molecule has 14 heavy (non-hydrogen) atoms. The number of hydrazine groups is 2. The van der Waals surface area contributed by atoms with Crippen molar-refractivity contribution in [1.82, 2.24) is 5.12 Å². The van der Waals surface area contributed by atoms with Crippen LogP contribution >= 0.6 is 0 Å². The normalized spacial score (nSPS) is 9.21. The van der Waals surface area contributed by atoms with Gasteiger partial charge in [0.15, 0.2) is 0 Å². The van der Waals surface area contributed by atoms with Crippen LogP contribution in [0.15, 0.2) is 0 Å². The van der Waals surface area contributed by atoms with E-state index in [0.29, 0.717) is 12.8 Å². The molecule has 1 amide bonds. The van der Waals surface area contributed by atoms with Crippen molar-refractivity contribution >= 4 is 6.09 Å². The molecule has 0 rings (SSSR count). The molecular formula is C5H9N3O6. The lowest BCUT2D eigenvalue weighted by Crippen LogP contribution is -2.41. The minimum absolute atomic E-state index is 0.0759. The van der Waals surface area contributed by atoms with Gasteiger partial charge in [-0.05, 0) is 6.42 Å². The van der Waals surface area contributed by atoms with Gasteiger partial charge >= 0.3 is 6.09 Å². The van der Waals surface area contributed by atoms with Gasteiger partial charge in [-0.3, -0.25) is 0 Å². The highest BCUT2D eigenvalue weighted by Gasteiger charge is 2.39. The van der Waals surface area contributed by atoms with E-state index in [9.17, 15) is 25.0 Å². The second kappa shape index (κ2) is 5.67. The van der Waals surface area contributed by atoms with Crippen molar-refractivity contribution in [3.63, 3.8) is 0 Å². The Morgan fingerprint density at radius 1 is 1.36 bits per heavy atom. The summed E-state index contributed by atoms with van der Waals surface area (Å²) < 4.78 is 4.27. The summed E-state index contributed by atoms with van der Waals surface area (Å²) in [6.45, 7) is 1.74. The molecule has 0 radical (unpaired) electrons. The first kappa shape index (κ1) is 12.1. The molecule has 9 heteroatoms. The minimum Gasteiger partial charge on any atom is -0.441 e. The summed E-state index contributed by atoms with van der Waals surface area (Å²) in [5.41, 5.74) is 0. The van der Waals surface area contributed by atoms with E-state index in [2.05, 4.69) is 4.74 Å². The van der Waals surface area contributed by atoms with Crippen molar-refractivity contribution in [2.75, 3.05) is 6.61 Å². The maximum absolute atomic E-state index is 10.7. The van der Waals surface area contributed by atoms with E-state index >= 15 is 0 Å². The van der Waals surface area contributed by atoms with E-state index in [0.717, 1.165) is 0 Å². The number of rotatable bonds is 5. The molecule has 0 spiro atoms. The van der Waals surface area contributed by atoms with Gasteiger partial charge in [-0.1, -0.05) is 13.3 Å². The van der Waals surface area contributed by atoms with Crippen LogP contribution in [0, 0.1) is 20.2 Å². The van der Waals surface area contributed by atoms with Crippen LogP contribution in [-0.2, 0) is 4.74 Å². The number of nitrogens with zero attached hydrogens (tertiary/aromatic N) is 3. The number of unbranched alkanes of at least 4 members (excludes halogenated alkanes) is 1. The van der Waals surface area contributed by atoms with Crippen LogP contribution < -0.4 is 0 Å². The molecule has 0 saturated carbocycles. The fourth-order valence-electron chi connectivity index (χ4n) is 0.555. The molecule has 9 nitrogen and oxygen atoms in total. The SMILES string of the molecule is CCCCOC(=O)N([N+](=O)[O-])[N+](=O)[O-]. The van der Waals surface area contributed by atoms with Crippen LogP contribution in [0.3, 0.4) is 0 Å². The zero-order chi connectivity index (χ0) is 11.1. The third kappa shape index (κ3) is 3.65. The van der Waals surface area contributed by atoms with Crippen LogP contribution in [0.2, 0.25) is 0 Å². The molecule has 0 aromatic rings. The predicted molar refractivity (Wildman–Crippen MR) is 42.1 cm³/mol. The van der Waals surface area contributed by atoms with Crippen LogP contribution in [0.5, 0.6) is 0 Å². The van der Waals surface area contributed by atoms with Crippen LogP contribution in [0.4, 0.5) is 4.79 Å². The number of hydrogen-bond donors (Lipinski definition) is 0. The van der Waals surface area contributed by atoms with E-state index in [1.165, 1.54) is 0 Å². The van der Waals surface area contributed by atoms with Gasteiger partial charge in [-0.15, -0.1) is 0 Å². The third-order valence-electron chi connectivity index (χ3n) is 1.20. The van der Waals surface area contributed by atoms with E-state index in [-0.39, 0.29) is 6.61 Å². The van der Waals surface area contributed by atoms with Gasteiger partial charge < -0.3 is 4.74 Å². The number of hydrogen-bond acceptors (Lipinski definition) is 6. The van der Waals surface area contributed by atoms with Gasteiger partial charge in [0, 0.05) is 0 Å². The van der Waals surface area contributed by atoms with Crippen molar-refractivity contribution in [2.24, 2.45) is 0 Å². The molecule has 0 aliphatic heterocycles. The summed E-state index contributed by atoms with van der Waals surface area (Å²) in [7, 11) is 0. The van der Waals surface area contributed by atoms with Crippen LogP contribution in [-0.4, -0.2) is 27.9 Å². The largest absolute Gasteiger partial charge is 0.541 e. The van der Waals surface area contributed by atoms with Gasteiger partial charge in [-0.2, -0.15) is 0 Å². The molecule has 0 aromatic carbocycles. The molecule has 0 heterocycles. The molecule has 0 aliphatic rings. The maximum Gasteiger partial charge on any atom is 0.541 e. The summed E-state index contributed by atoms with van der Waals surface area (Å²) >= 11 is 0. The number of ether oxygens (including phenoxy) is 1. The molecule has 0 aliphatic carbocycles. The molecule has 0 unspecified atom stereocenters. The van der Waals surface area contributed by atoms with Gasteiger partial charge in [-0.25, -0.2) is 25.0 Å². The monoisotopic (exact) mass is 207 g/mol. The second-order valence-corrected chi connectivity index (χ2v) is 2.23. The van der Waals surface area contributed by atoms with E-state index in [4.69, 9.17) is 0 Å². The average Bonchev–Trinajstić information content (AvgIpc) is 2.03. The van der Waals surface area contributed by atoms with Crippen molar-refractivity contribution in [3.8, 4) is 0 Å². The average molecular weight is 207 g/mol. The summed E-state index contributed by atoms with van der Waals surface area (Å²) in [6.07, 6.45) is -0.382. The number of nitro groups is 2. The highest BCUT2D eigenvalue weighted by atomic mass is 16.8. The number of carbonyl (C=O) groups excluding carboxylic acids is 1. The van der Waals surface area contributed by atoms with E-state index in [1.54, 1.807) is 0 Å². The van der Waals surface area contributed by atoms with Crippen molar-refractivity contribution in [3.05, 3.63) is 20.2 Å². The molecule has 0 N–H and O–H groups in total. The highest BCUT2D eigenvalue weighted by Crippen LogP contribution is 1.97. The van der Waals surface area contributed by atoms with Crippen molar-refractivity contribution < 1.29 is 19.6 Å². The maximum atomic E-state index is 10.7. The standard InChI is InChI=1S/C5H9N3O6/c1-2-3-4-14-5(9)6(7(10)11)8(12)13/h2-4H2,1H3. The lowest BCUT2D eigenvalue weighted by atomic mass is 10.4. The lowest BCUT2D eigenvalue weighted by molar-refractivity contribution is -0.885. The Morgan fingerprint density at radius 3 is 2.21 bits per heavy atom. The predicted octanol–water partition coefficient (Wildman–Crippen LogP) is 0.608. The Balaban J connectivity index is 4.17. The molecular weight excluding hydrogens is 198 g/mol. The molecule has 0 aromatic heterocycles. The Labute approximate surface area is 78.5 Å². The summed E-state index contributed by atoms with van der Waals surface area (Å²) in [5, 5.41) is 16.3. The molecule has 0 bridgehead atoms. The highest BCUT2D eigenvalue weighted by molar-refractivity contribution is 5.64. The quantitative estimate of drug-likeness (QED) is 0.370. The fraction of sp³-hybridized carbons (Fsp3) is 0.800. The summed E-state index contributed by atoms with van der Waals surface area (Å²) in [5.74, 6) is 0. The summed E-state index contributed by atoms with van der Waals surface area (Å²) in [6, 6.07) is 0. The molecule has 0 fully saturated rings. The first-order valence-corrected chi connectivity index (χ1v) is 3.76. The first-order chi connectivity index (χ1) is 6.50. The zero-order valence-electron chi connectivity index (χ0n) is 7.41. The molecule has 80 valence electrons. The number of amides is 1. The van der Waals surface area contributed by atoms with Gasteiger partial charge in [0.05, 0.1) is 6.61 Å². The second-order valence-electron chi connectivity index (χ2n) is 2.23. The Hall–Kier alpha value is -1.93. The van der Waals surface area contributed by atoms with Crippen LogP contribution in [0.25, 0.3) is 0 Å². The van der Waals surface area contributed by atoms with Crippen LogP contribution in [0.1, 0.15) is 19.8 Å². The fourth-order valence-corrected chi connectivity index (χ4v) is 0.555. The molecule has 0 atom stereocenters. The summed E-state index contributed by atoms with van der Waals surface area (Å²) in [4.78, 5) is 30.7. The number of carbonyl (C=O) groups is 1. The van der Waals surface area contributed by atoms with Crippen molar-refractivity contribution in [1.29, 1.82) is 0 Å². The Morgan fingerprint density at radius 2 is 1.86 bits per heavy atom. The topological polar surface area (TPSA) is 116 Å². The van der Waals surface area contributed by atoms with E-state index in [1.807, 2.05) is 6.92 Å². The zero-order valence-corrected chi connectivity index (χ0v) is 7.41. The van der Waals surface area contributed by atoms with Gasteiger partial charge in [0.25, 0.3) is 5.12 Å². The van der Waals surface area contributed by atoms with E-state index < -0.39 is 21.3 Å².